The van der Waals surface area contributed by atoms with Gasteiger partial charge in [0.2, 0.25) is 10.0 Å². The third-order valence-electron chi connectivity index (χ3n) is 3.61. The van der Waals surface area contributed by atoms with Crippen LogP contribution < -0.4 is 4.72 Å². The molecule has 1 aromatic carbocycles. The Balaban J connectivity index is 2.08. The molecule has 1 aliphatic rings. The quantitative estimate of drug-likeness (QED) is 0.854. The number of nitrogens with one attached hydrogen (secondary N) is 1. The van der Waals surface area contributed by atoms with E-state index in [1.807, 2.05) is 6.92 Å². The summed E-state index contributed by atoms with van der Waals surface area (Å²) < 4.78 is 26.9. The van der Waals surface area contributed by atoms with Gasteiger partial charge in [-0.05, 0) is 43.4 Å². The van der Waals surface area contributed by atoms with Gasteiger partial charge in [-0.3, -0.25) is 0 Å². The van der Waals surface area contributed by atoms with Gasteiger partial charge in [-0.2, -0.15) is 0 Å². The van der Waals surface area contributed by atoms with E-state index < -0.39 is 10.0 Å². The zero-order chi connectivity index (χ0) is 13.2. The Morgan fingerprint density at radius 3 is 2.39 bits per heavy atom. The van der Waals surface area contributed by atoms with Gasteiger partial charge in [-0.15, -0.1) is 0 Å². The average Bonchev–Trinajstić information content (AvgIpc) is 2.26. The van der Waals surface area contributed by atoms with Crippen molar-refractivity contribution in [3.63, 3.8) is 0 Å². The number of hydrogen-bond donors (Lipinski definition) is 2. The van der Waals surface area contributed by atoms with E-state index in [9.17, 15) is 8.42 Å². The molecule has 0 bridgehead atoms. The molecule has 0 aromatic heterocycles. The summed E-state index contributed by atoms with van der Waals surface area (Å²) in [6.45, 7) is 1.84. The Hall–Kier alpha value is -0.910. The van der Waals surface area contributed by atoms with Gasteiger partial charge in [-0.25, -0.2) is 13.1 Å². The maximum atomic E-state index is 12.1. The molecular formula is C13H19NO3S. The van der Waals surface area contributed by atoms with E-state index in [0.29, 0.717) is 11.5 Å². The molecule has 0 amide bonds. The molecule has 4 nitrogen and oxygen atoms in total. The van der Waals surface area contributed by atoms with Gasteiger partial charge in [0.05, 0.1) is 11.5 Å². The minimum atomic E-state index is -3.44. The zero-order valence-corrected chi connectivity index (χ0v) is 11.3. The topological polar surface area (TPSA) is 66.4 Å². The fourth-order valence-corrected chi connectivity index (χ4v) is 3.44. The third kappa shape index (κ3) is 2.91. The highest BCUT2D eigenvalue weighted by Gasteiger charge is 2.27. The highest BCUT2D eigenvalue weighted by Crippen LogP contribution is 2.30. The molecule has 1 unspecified atom stereocenters. The Labute approximate surface area is 108 Å². The van der Waals surface area contributed by atoms with Crippen LogP contribution in [0.1, 0.15) is 31.7 Å². The van der Waals surface area contributed by atoms with E-state index in [1.165, 1.54) is 18.6 Å². The van der Waals surface area contributed by atoms with Crippen molar-refractivity contribution in [2.45, 2.75) is 43.7 Å². The van der Waals surface area contributed by atoms with Gasteiger partial charge >= 0.3 is 0 Å². The van der Waals surface area contributed by atoms with Gasteiger partial charge < -0.3 is 5.11 Å². The highest BCUT2D eigenvalue weighted by molar-refractivity contribution is 7.89. The van der Waals surface area contributed by atoms with Crippen molar-refractivity contribution in [2.24, 2.45) is 5.92 Å². The molecule has 1 atom stereocenters. The molecule has 5 heteroatoms. The first kappa shape index (κ1) is 13.5. The molecule has 2 N–H and O–H groups in total. The normalized spacial score (nSPS) is 18.3. The molecule has 1 aliphatic carbocycles. The van der Waals surface area contributed by atoms with Gasteiger partial charge in [0.1, 0.15) is 0 Å². The van der Waals surface area contributed by atoms with E-state index in [2.05, 4.69) is 4.72 Å². The van der Waals surface area contributed by atoms with Crippen LogP contribution in [0.25, 0.3) is 0 Å². The van der Waals surface area contributed by atoms with Crippen LogP contribution in [0, 0.1) is 5.92 Å². The second kappa shape index (κ2) is 5.38. The summed E-state index contributed by atoms with van der Waals surface area (Å²) in [6, 6.07) is 6.30. The second-order valence-corrected chi connectivity index (χ2v) is 6.62. The Morgan fingerprint density at radius 2 is 1.94 bits per heavy atom. The lowest BCUT2D eigenvalue weighted by atomic mass is 9.81. The summed E-state index contributed by atoms with van der Waals surface area (Å²) in [5.74, 6) is 0.469. The molecule has 100 valence electrons. The molecule has 1 fully saturated rings. The van der Waals surface area contributed by atoms with Crippen molar-refractivity contribution in [1.82, 2.24) is 4.72 Å². The zero-order valence-electron chi connectivity index (χ0n) is 10.5. The highest BCUT2D eigenvalue weighted by atomic mass is 32.2. The van der Waals surface area contributed by atoms with Crippen molar-refractivity contribution in [3.8, 4) is 0 Å². The first-order valence-corrected chi connectivity index (χ1v) is 7.73. The van der Waals surface area contributed by atoms with Gasteiger partial charge in [0.15, 0.2) is 0 Å². The molecular weight excluding hydrogens is 250 g/mol. The Bertz CT molecular complexity index is 491. The van der Waals surface area contributed by atoms with E-state index in [0.717, 1.165) is 12.8 Å². The predicted octanol–water partition coefficient (Wildman–Crippen LogP) is 1.65. The fourth-order valence-electron chi connectivity index (χ4n) is 2.12. The maximum absolute atomic E-state index is 12.1. The summed E-state index contributed by atoms with van der Waals surface area (Å²) in [5.41, 5.74) is 0.709. The van der Waals surface area contributed by atoms with Crippen molar-refractivity contribution in [2.75, 3.05) is 0 Å². The van der Waals surface area contributed by atoms with Crippen LogP contribution in [-0.2, 0) is 16.6 Å². The van der Waals surface area contributed by atoms with E-state index in [-0.39, 0.29) is 17.5 Å². The third-order valence-corrected chi connectivity index (χ3v) is 5.19. The molecule has 0 radical (unpaired) electrons. The van der Waals surface area contributed by atoms with Crippen LogP contribution in [0.5, 0.6) is 0 Å². The number of sulfonamides is 1. The predicted molar refractivity (Wildman–Crippen MR) is 69.5 cm³/mol. The molecule has 0 aliphatic heterocycles. The molecule has 1 saturated carbocycles. The number of hydrogen-bond acceptors (Lipinski definition) is 3. The molecule has 2 rings (SSSR count). The lowest BCUT2D eigenvalue weighted by Gasteiger charge is -2.31. The van der Waals surface area contributed by atoms with Gasteiger partial charge in [0, 0.05) is 6.04 Å². The van der Waals surface area contributed by atoms with Crippen LogP contribution in [-0.4, -0.2) is 19.6 Å². The average molecular weight is 269 g/mol. The minimum Gasteiger partial charge on any atom is -0.392 e. The van der Waals surface area contributed by atoms with Crippen LogP contribution in [0.2, 0.25) is 0 Å². The SMILES string of the molecule is CC(NS(=O)(=O)c1ccc(CO)cc1)C1CCC1. The lowest BCUT2D eigenvalue weighted by Crippen LogP contribution is -2.40. The smallest absolute Gasteiger partial charge is 0.240 e. The van der Waals surface area contributed by atoms with Crippen LogP contribution in [0.4, 0.5) is 0 Å². The largest absolute Gasteiger partial charge is 0.392 e. The minimum absolute atomic E-state index is 0.0127. The standard InChI is InChI=1S/C13H19NO3S/c1-10(12-3-2-4-12)14-18(16,17)13-7-5-11(9-15)6-8-13/h5-8,10,12,14-15H,2-4,9H2,1H3. The molecule has 0 spiro atoms. The van der Waals surface area contributed by atoms with Crippen LogP contribution in [0.15, 0.2) is 29.2 Å². The second-order valence-electron chi connectivity index (χ2n) is 4.90. The van der Waals surface area contributed by atoms with Crippen molar-refractivity contribution >= 4 is 10.0 Å². The molecule has 0 heterocycles. The Kier molecular flexibility index (Phi) is 4.04. The first-order chi connectivity index (χ1) is 8.53. The fraction of sp³-hybridized carbons (Fsp3) is 0.538. The van der Waals surface area contributed by atoms with Crippen molar-refractivity contribution < 1.29 is 13.5 Å². The van der Waals surface area contributed by atoms with E-state index in [1.54, 1.807) is 12.1 Å². The molecule has 18 heavy (non-hydrogen) atoms. The van der Waals surface area contributed by atoms with Crippen molar-refractivity contribution in [1.29, 1.82) is 0 Å². The number of benzene rings is 1. The maximum Gasteiger partial charge on any atom is 0.240 e. The number of aliphatic hydroxyl groups excluding tert-OH is 1. The number of rotatable bonds is 5. The summed E-state index contributed by atoms with van der Waals surface area (Å²) in [4.78, 5) is 0.255. The molecule has 0 saturated heterocycles. The van der Waals surface area contributed by atoms with Gasteiger partial charge in [0.25, 0.3) is 0 Å². The summed E-state index contributed by atoms with van der Waals surface area (Å²) in [6.07, 6.45) is 3.40. The number of aliphatic hydroxyl groups is 1. The molecule has 1 aromatic rings. The summed E-state index contributed by atoms with van der Waals surface area (Å²) in [5, 5.41) is 8.92. The first-order valence-electron chi connectivity index (χ1n) is 6.25. The van der Waals surface area contributed by atoms with E-state index >= 15 is 0 Å². The Morgan fingerprint density at radius 1 is 1.33 bits per heavy atom. The monoisotopic (exact) mass is 269 g/mol. The summed E-state index contributed by atoms with van der Waals surface area (Å²) in [7, 11) is -3.44. The lowest BCUT2D eigenvalue weighted by molar-refractivity contribution is 0.260. The van der Waals surface area contributed by atoms with Gasteiger partial charge in [-0.1, -0.05) is 18.6 Å². The van der Waals surface area contributed by atoms with Crippen LogP contribution >= 0.6 is 0 Å². The van der Waals surface area contributed by atoms with E-state index in [4.69, 9.17) is 5.11 Å². The summed E-state index contributed by atoms with van der Waals surface area (Å²) >= 11 is 0. The van der Waals surface area contributed by atoms with Crippen molar-refractivity contribution in [3.05, 3.63) is 29.8 Å². The van der Waals surface area contributed by atoms with Crippen LogP contribution in [0.3, 0.4) is 0 Å².